The molecule has 0 aliphatic carbocycles. The Morgan fingerprint density at radius 3 is 2.42 bits per heavy atom. The summed E-state index contributed by atoms with van der Waals surface area (Å²) >= 11 is 0. The Balaban J connectivity index is 1.94. The molecule has 24 heavy (non-hydrogen) atoms. The molecule has 1 saturated heterocycles. The summed E-state index contributed by atoms with van der Waals surface area (Å²) in [6.45, 7) is 7.72. The molecule has 0 atom stereocenters. The molecule has 0 spiro atoms. The van der Waals surface area contributed by atoms with E-state index >= 15 is 0 Å². The molecule has 1 fully saturated rings. The molecule has 5 heteroatoms. The van der Waals surface area contributed by atoms with Crippen LogP contribution in [0.1, 0.15) is 54.2 Å². The SMILES string of the molecule is Cc1ccc(-n2ncc(C(=O)N3CCC(N)CC3)c2C(C)C)cc1. The van der Waals surface area contributed by atoms with Crippen LogP contribution in [0.3, 0.4) is 0 Å². The monoisotopic (exact) mass is 326 g/mol. The van der Waals surface area contributed by atoms with Crippen LogP contribution in [0.4, 0.5) is 0 Å². The fourth-order valence-electron chi connectivity index (χ4n) is 3.24. The molecule has 1 amide bonds. The normalized spacial score (nSPS) is 16.0. The van der Waals surface area contributed by atoms with Gasteiger partial charge in [-0.1, -0.05) is 31.5 Å². The third-order valence-electron chi connectivity index (χ3n) is 4.69. The highest BCUT2D eigenvalue weighted by atomic mass is 16.2. The van der Waals surface area contributed by atoms with E-state index in [0.717, 1.165) is 37.3 Å². The van der Waals surface area contributed by atoms with E-state index in [4.69, 9.17) is 5.73 Å². The molecule has 1 aromatic carbocycles. The van der Waals surface area contributed by atoms with E-state index in [1.54, 1.807) is 6.20 Å². The van der Waals surface area contributed by atoms with Crippen molar-refractivity contribution in [3.8, 4) is 5.69 Å². The van der Waals surface area contributed by atoms with Crippen molar-refractivity contribution >= 4 is 5.91 Å². The van der Waals surface area contributed by atoms with Crippen molar-refractivity contribution in [1.29, 1.82) is 0 Å². The predicted octanol–water partition coefficient (Wildman–Crippen LogP) is 2.87. The minimum absolute atomic E-state index is 0.0731. The van der Waals surface area contributed by atoms with E-state index in [0.29, 0.717) is 5.56 Å². The maximum Gasteiger partial charge on any atom is 0.257 e. The van der Waals surface area contributed by atoms with E-state index in [-0.39, 0.29) is 17.9 Å². The van der Waals surface area contributed by atoms with Crippen LogP contribution in [-0.4, -0.2) is 39.7 Å². The van der Waals surface area contributed by atoms with Crippen molar-refractivity contribution in [3.63, 3.8) is 0 Å². The van der Waals surface area contributed by atoms with Crippen LogP contribution in [0.25, 0.3) is 5.69 Å². The van der Waals surface area contributed by atoms with Crippen molar-refractivity contribution < 1.29 is 4.79 Å². The van der Waals surface area contributed by atoms with Crippen LogP contribution in [-0.2, 0) is 0 Å². The number of hydrogen-bond acceptors (Lipinski definition) is 3. The van der Waals surface area contributed by atoms with Crippen molar-refractivity contribution in [2.24, 2.45) is 5.73 Å². The van der Waals surface area contributed by atoms with E-state index in [9.17, 15) is 4.79 Å². The number of likely N-dealkylation sites (tertiary alicyclic amines) is 1. The number of carbonyl (C=O) groups excluding carboxylic acids is 1. The molecular weight excluding hydrogens is 300 g/mol. The third kappa shape index (κ3) is 3.22. The van der Waals surface area contributed by atoms with Crippen LogP contribution in [0.5, 0.6) is 0 Å². The average molecular weight is 326 g/mol. The smallest absolute Gasteiger partial charge is 0.257 e. The van der Waals surface area contributed by atoms with E-state index in [1.807, 2.05) is 21.7 Å². The van der Waals surface area contributed by atoms with Crippen LogP contribution in [0, 0.1) is 6.92 Å². The molecular formula is C19H26N4O. The highest BCUT2D eigenvalue weighted by Gasteiger charge is 2.27. The van der Waals surface area contributed by atoms with Crippen LogP contribution >= 0.6 is 0 Å². The number of carbonyl (C=O) groups is 1. The highest BCUT2D eigenvalue weighted by molar-refractivity contribution is 5.95. The van der Waals surface area contributed by atoms with Gasteiger partial charge in [-0.05, 0) is 37.8 Å². The Bertz CT molecular complexity index is 709. The molecule has 2 heterocycles. The molecule has 0 bridgehead atoms. The van der Waals surface area contributed by atoms with Crippen molar-refractivity contribution in [2.75, 3.05) is 13.1 Å². The van der Waals surface area contributed by atoms with Crippen LogP contribution in [0.15, 0.2) is 30.5 Å². The van der Waals surface area contributed by atoms with Gasteiger partial charge >= 0.3 is 0 Å². The highest BCUT2D eigenvalue weighted by Crippen LogP contribution is 2.25. The molecule has 1 aliphatic rings. The van der Waals surface area contributed by atoms with Crippen molar-refractivity contribution in [2.45, 2.75) is 45.6 Å². The molecule has 0 radical (unpaired) electrons. The number of benzene rings is 1. The second-order valence-corrected chi connectivity index (χ2v) is 6.98. The Morgan fingerprint density at radius 1 is 1.21 bits per heavy atom. The zero-order valence-electron chi connectivity index (χ0n) is 14.7. The molecule has 1 aromatic heterocycles. The third-order valence-corrected chi connectivity index (χ3v) is 4.69. The summed E-state index contributed by atoms with van der Waals surface area (Å²) < 4.78 is 1.90. The number of amides is 1. The predicted molar refractivity (Wildman–Crippen MR) is 95.5 cm³/mol. The van der Waals surface area contributed by atoms with Gasteiger partial charge in [0.15, 0.2) is 0 Å². The van der Waals surface area contributed by atoms with Gasteiger partial charge in [0.1, 0.15) is 0 Å². The first-order valence-electron chi connectivity index (χ1n) is 8.67. The summed E-state index contributed by atoms with van der Waals surface area (Å²) in [6, 6.07) is 8.43. The summed E-state index contributed by atoms with van der Waals surface area (Å²) in [5.41, 5.74) is 9.83. The fraction of sp³-hybridized carbons (Fsp3) is 0.474. The number of piperidine rings is 1. The van der Waals surface area contributed by atoms with Gasteiger partial charge in [-0.2, -0.15) is 5.10 Å². The van der Waals surface area contributed by atoms with Gasteiger partial charge in [0.25, 0.3) is 5.91 Å². The summed E-state index contributed by atoms with van der Waals surface area (Å²) in [7, 11) is 0. The molecule has 3 rings (SSSR count). The Hall–Kier alpha value is -2.14. The summed E-state index contributed by atoms with van der Waals surface area (Å²) in [4.78, 5) is 14.9. The van der Waals surface area contributed by atoms with Gasteiger partial charge in [-0.3, -0.25) is 4.79 Å². The first kappa shape index (κ1) is 16.7. The molecule has 2 aromatic rings. The van der Waals surface area contributed by atoms with E-state index in [2.05, 4.69) is 38.0 Å². The number of aryl methyl sites for hydroxylation is 1. The quantitative estimate of drug-likeness (QED) is 0.943. The summed E-state index contributed by atoms with van der Waals surface area (Å²) in [5.74, 6) is 0.281. The molecule has 1 aliphatic heterocycles. The standard InChI is InChI=1S/C19H26N4O/c1-13(2)18-17(19(24)22-10-8-15(20)9-11-22)12-21-23(18)16-6-4-14(3)5-7-16/h4-7,12-13,15H,8-11,20H2,1-3H3. The van der Waals surface area contributed by atoms with Crippen molar-refractivity contribution in [1.82, 2.24) is 14.7 Å². The number of nitrogens with zero attached hydrogens (tertiary/aromatic N) is 3. The Morgan fingerprint density at radius 2 is 1.83 bits per heavy atom. The van der Waals surface area contributed by atoms with Crippen molar-refractivity contribution in [3.05, 3.63) is 47.3 Å². The van der Waals surface area contributed by atoms with Gasteiger partial charge in [-0.25, -0.2) is 4.68 Å². The first-order chi connectivity index (χ1) is 11.5. The lowest BCUT2D eigenvalue weighted by molar-refractivity contribution is 0.0713. The maximum atomic E-state index is 13.0. The lowest BCUT2D eigenvalue weighted by Gasteiger charge is -2.30. The zero-order valence-corrected chi connectivity index (χ0v) is 14.7. The fourth-order valence-corrected chi connectivity index (χ4v) is 3.24. The van der Waals surface area contributed by atoms with Gasteiger partial charge in [0.2, 0.25) is 0 Å². The van der Waals surface area contributed by atoms with Crippen LogP contribution < -0.4 is 5.73 Å². The number of hydrogen-bond donors (Lipinski definition) is 1. The molecule has 0 saturated carbocycles. The average Bonchev–Trinajstić information content (AvgIpc) is 3.01. The van der Waals surface area contributed by atoms with Gasteiger partial charge < -0.3 is 10.6 Å². The summed E-state index contributed by atoms with van der Waals surface area (Å²) in [6.07, 6.45) is 3.45. The topological polar surface area (TPSA) is 64.2 Å². The van der Waals surface area contributed by atoms with Gasteiger partial charge in [-0.15, -0.1) is 0 Å². The largest absolute Gasteiger partial charge is 0.338 e. The zero-order chi connectivity index (χ0) is 17.3. The summed E-state index contributed by atoms with van der Waals surface area (Å²) in [5, 5.41) is 4.51. The van der Waals surface area contributed by atoms with Gasteiger partial charge in [0.05, 0.1) is 23.1 Å². The van der Waals surface area contributed by atoms with Crippen LogP contribution in [0.2, 0.25) is 0 Å². The second kappa shape index (κ2) is 6.77. The maximum absolute atomic E-state index is 13.0. The number of nitrogens with two attached hydrogens (primary N) is 1. The first-order valence-corrected chi connectivity index (χ1v) is 8.67. The molecule has 128 valence electrons. The second-order valence-electron chi connectivity index (χ2n) is 6.98. The Kier molecular flexibility index (Phi) is 4.71. The van der Waals surface area contributed by atoms with E-state index in [1.165, 1.54) is 5.56 Å². The number of rotatable bonds is 3. The minimum Gasteiger partial charge on any atom is -0.338 e. The lowest BCUT2D eigenvalue weighted by Crippen LogP contribution is -2.43. The van der Waals surface area contributed by atoms with E-state index < -0.39 is 0 Å². The molecule has 2 N–H and O–H groups in total. The lowest BCUT2D eigenvalue weighted by atomic mass is 10.0. The van der Waals surface area contributed by atoms with Gasteiger partial charge in [0, 0.05) is 19.1 Å². The molecule has 0 unspecified atom stereocenters. The number of aromatic nitrogens is 2. The molecule has 5 nitrogen and oxygen atoms in total. The minimum atomic E-state index is 0.0731. The Labute approximate surface area is 143 Å².